The van der Waals surface area contributed by atoms with Crippen LogP contribution in [0.4, 0.5) is 10.8 Å². The second-order valence-electron chi connectivity index (χ2n) is 7.27. The summed E-state index contributed by atoms with van der Waals surface area (Å²) in [4.78, 5) is 26.5. The fourth-order valence-electron chi connectivity index (χ4n) is 3.29. The van der Waals surface area contributed by atoms with Gasteiger partial charge in [0.2, 0.25) is 11.0 Å². The summed E-state index contributed by atoms with van der Waals surface area (Å²) < 4.78 is 5.43. The van der Waals surface area contributed by atoms with Crippen LogP contribution < -0.4 is 15.0 Å². The van der Waals surface area contributed by atoms with Gasteiger partial charge < -0.3 is 9.64 Å². The fourth-order valence-corrected chi connectivity index (χ4v) is 4.14. The van der Waals surface area contributed by atoms with E-state index in [4.69, 9.17) is 4.74 Å². The van der Waals surface area contributed by atoms with E-state index < -0.39 is 0 Å². The largest absolute Gasteiger partial charge is 0.484 e. The molecule has 7 nitrogen and oxygen atoms in total. The van der Waals surface area contributed by atoms with Gasteiger partial charge in [0.15, 0.2) is 6.61 Å². The molecule has 0 saturated carbocycles. The number of rotatable bonds is 6. The highest BCUT2D eigenvalue weighted by Crippen LogP contribution is 2.34. The molecule has 1 fully saturated rings. The van der Waals surface area contributed by atoms with Gasteiger partial charge in [-0.15, -0.1) is 10.2 Å². The highest BCUT2D eigenvalue weighted by Gasteiger charge is 2.34. The summed E-state index contributed by atoms with van der Waals surface area (Å²) >= 11 is 1.30. The van der Waals surface area contributed by atoms with Crippen molar-refractivity contribution in [1.29, 1.82) is 0 Å². The smallest absolute Gasteiger partial charge is 0.264 e. The number of benzene rings is 2. The molecule has 1 N–H and O–H groups in total. The molecule has 0 aliphatic carbocycles. The second-order valence-corrected chi connectivity index (χ2v) is 8.28. The van der Waals surface area contributed by atoms with E-state index in [0.29, 0.717) is 23.8 Å². The topological polar surface area (TPSA) is 84.4 Å². The third-order valence-electron chi connectivity index (χ3n) is 5.08. The molecule has 4 rings (SSSR count). The van der Waals surface area contributed by atoms with Crippen LogP contribution >= 0.6 is 11.3 Å². The molecule has 0 radical (unpaired) electrons. The van der Waals surface area contributed by atoms with Crippen molar-refractivity contribution in [2.75, 3.05) is 23.4 Å². The van der Waals surface area contributed by atoms with Gasteiger partial charge in [0.25, 0.3) is 5.91 Å². The van der Waals surface area contributed by atoms with Crippen molar-refractivity contribution in [2.24, 2.45) is 0 Å². The molecule has 2 heterocycles. The fraction of sp³-hybridized carbons (Fsp3) is 0.273. The Morgan fingerprint density at radius 1 is 1.17 bits per heavy atom. The number of carbonyl (C=O) groups excluding carboxylic acids is 2. The number of hydrogen-bond donors (Lipinski definition) is 1. The molecule has 1 aliphatic rings. The minimum absolute atomic E-state index is 0.0390. The molecule has 30 heavy (non-hydrogen) atoms. The lowest BCUT2D eigenvalue weighted by atomic mass is 10.1. The van der Waals surface area contributed by atoms with E-state index in [1.165, 1.54) is 16.9 Å². The predicted octanol–water partition coefficient (Wildman–Crippen LogP) is 3.69. The third kappa shape index (κ3) is 4.49. The maximum atomic E-state index is 12.6. The third-order valence-corrected chi connectivity index (χ3v) is 6.08. The first-order valence-corrected chi connectivity index (χ1v) is 10.5. The summed E-state index contributed by atoms with van der Waals surface area (Å²) in [6.07, 6.45) is 0.382. The number of nitrogens with one attached hydrogen (secondary N) is 1. The van der Waals surface area contributed by atoms with Gasteiger partial charge in [-0.1, -0.05) is 35.6 Å². The number of aryl methyl sites for hydroxylation is 2. The molecular weight excluding hydrogens is 400 g/mol. The molecule has 1 aromatic heterocycles. The highest BCUT2D eigenvalue weighted by atomic mass is 32.1. The Balaban J connectivity index is 1.36. The molecule has 2 aromatic carbocycles. The summed E-state index contributed by atoms with van der Waals surface area (Å²) in [6, 6.07) is 15.2. The van der Waals surface area contributed by atoms with Crippen molar-refractivity contribution in [2.45, 2.75) is 26.2 Å². The second kappa shape index (κ2) is 8.62. The molecular formula is C22H22N4O3S. The van der Waals surface area contributed by atoms with Crippen LogP contribution in [-0.4, -0.2) is 35.2 Å². The molecule has 1 saturated heterocycles. The number of carbonyl (C=O) groups is 2. The number of ether oxygens (including phenoxy) is 1. The first kappa shape index (κ1) is 20.0. The van der Waals surface area contributed by atoms with Gasteiger partial charge in [0.05, 0.1) is 0 Å². The Morgan fingerprint density at radius 3 is 2.73 bits per heavy atom. The van der Waals surface area contributed by atoms with Gasteiger partial charge in [-0.05, 0) is 49.2 Å². The number of hydrogen-bond acceptors (Lipinski definition) is 6. The zero-order valence-corrected chi connectivity index (χ0v) is 17.6. The van der Waals surface area contributed by atoms with Crippen LogP contribution in [0.5, 0.6) is 5.75 Å². The maximum absolute atomic E-state index is 12.6. The van der Waals surface area contributed by atoms with Crippen LogP contribution in [0.15, 0.2) is 48.5 Å². The molecule has 0 bridgehead atoms. The van der Waals surface area contributed by atoms with Gasteiger partial charge in [-0.2, -0.15) is 0 Å². The first-order valence-electron chi connectivity index (χ1n) is 9.68. The average molecular weight is 423 g/mol. The van der Waals surface area contributed by atoms with Crippen molar-refractivity contribution in [3.05, 3.63) is 64.7 Å². The van der Waals surface area contributed by atoms with E-state index in [9.17, 15) is 9.59 Å². The zero-order valence-electron chi connectivity index (χ0n) is 16.8. The molecule has 0 spiro atoms. The van der Waals surface area contributed by atoms with Crippen LogP contribution in [0.2, 0.25) is 0 Å². The summed E-state index contributed by atoms with van der Waals surface area (Å²) in [6.45, 7) is 4.54. The monoisotopic (exact) mass is 422 g/mol. The lowest BCUT2D eigenvalue weighted by molar-refractivity contribution is -0.118. The molecule has 3 aromatic rings. The minimum atomic E-state index is -0.305. The molecule has 1 atom stereocenters. The van der Waals surface area contributed by atoms with E-state index in [0.717, 1.165) is 16.3 Å². The van der Waals surface area contributed by atoms with Crippen molar-refractivity contribution in [3.8, 4) is 5.75 Å². The number of aromatic nitrogens is 2. The van der Waals surface area contributed by atoms with E-state index in [2.05, 4.69) is 22.4 Å². The van der Waals surface area contributed by atoms with Crippen LogP contribution in [0.1, 0.15) is 28.5 Å². The quantitative estimate of drug-likeness (QED) is 0.655. The Hall–Kier alpha value is -3.26. The standard InChI is InChI=1S/C22H22N4O3S/c1-14-8-9-17(10-15(14)2)26-12-16(11-20(26)28)21-24-25-22(30-21)23-19(27)13-29-18-6-4-3-5-7-18/h3-10,16H,11-13H2,1-2H3,(H,23,25,27)/t16-/m1/s1. The van der Waals surface area contributed by atoms with E-state index >= 15 is 0 Å². The summed E-state index contributed by atoms with van der Waals surface area (Å²) in [5.74, 6) is 0.352. The van der Waals surface area contributed by atoms with Gasteiger partial charge >= 0.3 is 0 Å². The SMILES string of the molecule is Cc1ccc(N2C[C@H](c3nnc(NC(=O)COc4ccccc4)s3)CC2=O)cc1C. The highest BCUT2D eigenvalue weighted by molar-refractivity contribution is 7.15. The van der Waals surface area contributed by atoms with Gasteiger partial charge in [0, 0.05) is 24.6 Å². The van der Waals surface area contributed by atoms with Crippen LogP contribution in [0, 0.1) is 13.8 Å². The van der Waals surface area contributed by atoms with Gasteiger partial charge in [0.1, 0.15) is 10.8 Å². The molecule has 2 amide bonds. The Labute approximate surface area is 178 Å². The molecule has 154 valence electrons. The van der Waals surface area contributed by atoms with Crippen molar-refractivity contribution < 1.29 is 14.3 Å². The summed E-state index contributed by atoms with van der Waals surface area (Å²) in [7, 11) is 0. The lowest BCUT2D eigenvalue weighted by Crippen LogP contribution is -2.24. The molecule has 1 aliphatic heterocycles. The first-order chi connectivity index (χ1) is 14.5. The van der Waals surface area contributed by atoms with Gasteiger partial charge in [-0.3, -0.25) is 14.9 Å². The number of nitrogens with zero attached hydrogens (tertiary/aromatic N) is 3. The van der Waals surface area contributed by atoms with Crippen LogP contribution in [0.3, 0.4) is 0 Å². The molecule has 0 unspecified atom stereocenters. The van der Waals surface area contributed by atoms with Crippen molar-refractivity contribution >= 4 is 34.0 Å². The molecule has 8 heteroatoms. The van der Waals surface area contributed by atoms with E-state index in [1.807, 2.05) is 43.3 Å². The minimum Gasteiger partial charge on any atom is -0.484 e. The summed E-state index contributed by atoms with van der Waals surface area (Å²) in [5, 5.41) is 12.1. The van der Waals surface area contributed by atoms with Gasteiger partial charge in [-0.25, -0.2) is 0 Å². The maximum Gasteiger partial charge on any atom is 0.264 e. The summed E-state index contributed by atoms with van der Waals surface area (Å²) in [5.41, 5.74) is 3.26. The predicted molar refractivity (Wildman–Crippen MR) is 116 cm³/mol. The van der Waals surface area contributed by atoms with E-state index in [-0.39, 0.29) is 24.3 Å². The Bertz CT molecular complexity index is 1070. The van der Waals surface area contributed by atoms with E-state index in [1.54, 1.807) is 17.0 Å². The Kier molecular flexibility index (Phi) is 5.76. The lowest BCUT2D eigenvalue weighted by Gasteiger charge is -2.17. The number of para-hydroxylation sites is 1. The average Bonchev–Trinajstić information content (AvgIpc) is 3.36. The normalized spacial score (nSPS) is 16.0. The Morgan fingerprint density at radius 2 is 1.97 bits per heavy atom. The van der Waals surface area contributed by atoms with Crippen molar-refractivity contribution in [1.82, 2.24) is 10.2 Å². The van der Waals surface area contributed by atoms with Crippen LogP contribution in [-0.2, 0) is 9.59 Å². The zero-order chi connectivity index (χ0) is 21.1. The number of anilines is 2. The van der Waals surface area contributed by atoms with Crippen molar-refractivity contribution in [3.63, 3.8) is 0 Å². The van der Waals surface area contributed by atoms with Crippen LogP contribution in [0.25, 0.3) is 0 Å². The number of amides is 2.